The fourth-order valence-corrected chi connectivity index (χ4v) is 2.47. The van der Waals surface area contributed by atoms with Gasteiger partial charge >= 0.3 is 0 Å². The van der Waals surface area contributed by atoms with Gasteiger partial charge in [-0.3, -0.25) is 4.72 Å². The van der Waals surface area contributed by atoms with Crippen molar-refractivity contribution in [1.29, 1.82) is 0 Å². The lowest BCUT2D eigenvalue weighted by Gasteiger charge is -2.08. The van der Waals surface area contributed by atoms with Gasteiger partial charge in [-0.15, -0.1) is 0 Å². The third-order valence-electron chi connectivity index (χ3n) is 2.35. The van der Waals surface area contributed by atoms with Gasteiger partial charge in [0.15, 0.2) is 0 Å². The van der Waals surface area contributed by atoms with Crippen molar-refractivity contribution in [2.45, 2.75) is 4.90 Å². The zero-order valence-electron chi connectivity index (χ0n) is 9.50. The van der Waals surface area contributed by atoms with E-state index in [0.717, 1.165) is 0 Å². The van der Waals surface area contributed by atoms with E-state index in [2.05, 4.69) is 4.72 Å². The number of sulfonamides is 1. The molecule has 0 aromatic heterocycles. The Kier molecular flexibility index (Phi) is 3.12. The Morgan fingerprint density at radius 2 is 1.22 bits per heavy atom. The summed E-state index contributed by atoms with van der Waals surface area (Å²) in [5.74, 6) is 0. The predicted molar refractivity (Wildman–Crippen MR) is 72.5 cm³/mol. The fraction of sp³-hybridized carbons (Fsp3) is 0. The van der Waals surface area contributed by atoms with Crippen LogP contribution in [0.3, 0.4) is 0 Å². The Balaban J connectivity index is 2.27. The van der Waals surface area contributed by atoms with Gasteiger partial charge in [-0.2, -0.15) is 0 Å². The lowest BCUT2D eigenvalue weighted by atomic mass is 10.3. The fourth-order valence-electron chi connectivity index (χ4n) is 1.41. The summed E-state index contributed by atoms with van der Waals surface area (Å²) in [6.45, 7) is 0. The minimum Gasteiger partial charge on any atom is -0.399 e. The number of hydrogen-bond acceptors (Lipinski definition) is 4. The molecular formula is C12H13N3O2S. The molecule has 0 bridgehead atoms. The van der Waals surface area contributed by atoms with Gasteiger partial charge in [-0.25, -0.2) is 8.42 Å². The Labute approximate surface area is 105 Å². The highest BCUT2D eigenvalue weighted by Gasteiger charge is 2.13. The Morgan fingerprint density at radius 3 is 1.72 bits per heavy atom. The van der Waals surface area contributed by atoms with Gasteiger partial charge in [0.2, 0.25) is 0 Å². The summed E-state index contributed by atoms with van der Waals surface area (Å²) in [6, 6.07) is 12.4. The molecule has 0 aliphatic rings. The van der Waals surface area contributed by atoms with Crippen molar-refractivity contribution < 1.29 is 8.42 Å². The largest absolute Gasteiger partial charge is 0.399 e. The molecule has 0 amide bonds. The monoisotopic (exact) mass is 263 g/mol. The van der Waals surface area contributed by atoms with Crippen LogP contribution in [-0.2, 0) is 10.0 Å². The van der Waals surface area contributed by atoms with Gasteiger partial charge in [-0.05, 0) is 48.5 Å². The van der Waals surface area contributed by atoms with E-state index < -0.39 is 10.0 Å². The molecule has 2 rings (SSSR count). The van der Waals surface area contributed by atoms with Crippen LogP contribution in [0.15, 0.2) is 53.4 Å². The van der Waals surface area contributed by atoms with E-state index in [4.69, 9.17) is 11.5 Å². The van der Waals surface area contributed by atoms with Gasteiger partial charge in [0.1, 0.15) is 0 Å². The predicted octanol–water partition coefficient (Wildman–Crippen LogP) is 1.65. The van der Waals surface area contributed by atoms with Crippen molar-refractivity contribution in [3.05, 3.63) is 48.5 Å². The minimum absolute atomic E-state index is 0.161. The highest BCUT2D eigenvalue weighted by atomic mass is 32.2. The molecule has 0 saturated carbocycles. The van der Waals surface area contributed by atoms with Crippen LogP contribution in [0.5, 0.6) is 0 Å². The second-order valence-corrected chi connectivity index (χ2v) is 5.48. The molecule has 5 N–H and O–H groups in total. The molecule has 0 radical (unpaired) electrons. The minimum atomic E-state index is -3.59. The first-order chi connectivity index (χ1) is 8.47. The maximum Gasteiger partial charge on any atom is 0.261 e. The SMILES string of the molecule is Nc1ccc(NS(=O)(=O)c2ccc(N)cc2)cc1. The van der Waals surface area contributed by atoms with Gasteiger partial charge in [-0.1, -0.05) is 0 Å². The average Bonchev–Trinajstić information content (AvgIpc) is 2.32. The number of rotatable bonds is 3. The molecule has 5 nitrogen and oxygen atoms in total. The molecule has 2 aromatic carbocycles. The molecular weight excluding hydrogens is 250 g/mol. The first-order valence-electron chi connectivity index (χ1n) is 5.21. The molecule has 0 aliphatic heterocycles. The van der Waals surface area contributed by atoms with Gasteiger partial charge in [0.25, 0.3) is 10.0 Å². The summed E-state index contributed by atoms with van der Waals surface area (Å²) in [5.41, 5.74) is 12.6. The zero-order chi connectivity index (χ0) is 13.2. The van der Waals surface area contributed by atoms with Crippen molar-refractivity contribution in [2.75, 3.05) is 16.2 Å². The van der Waals surface area contributed by atoms with Gasteiger partial charge < -0.3 is 11.5 Å². The van der Waals surface area contributed by atoms with E-state index in [0.29, 0.717) is 17.1 Å². The van der Waals surface area contributed by atoms with Crippen LogP contribution in [0.4, 0.5) is 17.1 Å². The van der Waals surface area contributed by atoms with Crippen molar-refractivity contribution in [2.24, 2.45) is 0 Å². The quantitative estimate of drug-likeness (QED) is 0.733. The van der Waals surface area contributed by atoms with Gasteiger partial charge in [0.05, 0.1) is 4.90 Å². The normalized spacial score (nSPS) is 11.1. The number of nitrogen functional groups attached to an aromatic ring is 2. The smallest absolute Gasteiger partial charge is 0.261 e. The van der Waals surface area contributed by atoms with Crippen LogP contribution in [0, 0.1) is 0 Å². The summed E-state index contributed by atoms with van der Waals surface area (Å²) in [5, 5.41) is 0. The molecule has 0 aliphatic carbocycles. The third kappa shape index (κ3) is 2.72. The molecule has 94 valence electrons. The molecule has 0 heterocycles. The maximum absolute atomic E-state index is 12.0. The second kappa shape index (κ2) is 4.58. The van der Waals surface area contributed by atoms with Crippen LogP contribution in [0.25, 0.3) is 0 Å². The van der Waals surface area contributed by atoms with E-state index in [-0.39, 0.29) is 4.90 Å². The van der Waals surface area contributed by atoms with E-state index >= 15 is 0 Å². The summed E-state index contributed by atoms with van der Waals surface area (Å²) in [7, 11) is -3.59. The highest BCUT2D eigenvalue weighted by molar-refractivity contribution is 7.92. The van der Waals surface area contributed by atoms with Crippen LogP contribution in [-0.4, -0.2) is 8.42 Å². The van der Waals surface area contributed by atoms with E-state index in [1.807, 2.05) is 0 Å². The van der Waals surface area contributed by atoms with Crippen molar-refractivity contribution in [3.63, 3.8) is 0 Å². The molecule has 2 aromatic rings. The number of nitrogens with two attached hydrogens (primary N) is 2. The average molecular weight is 263 g/mol. The van der Waals surface area contributed by atoms with E-state index in [9.17, 15) is 8.42 Å². The van der Waals surface area contributed by atoms with Crippen LogP contribution in [0.2, 0.25) is 0 Å². The molecule has 0 unspecified atom stereocenters. The first kappa shape index (κ1) is 12.3. The molecule has 18 heavy (non-hydrogen) atoms. The van der Waals surface area contributed by atoms with Crippen LogP contribution < -0.4 is 16.2 Å². The molecule has 0 saturated heterocycles. The topological polar surface area (TPSA) is 98.2 Å². The maximum atomic E-state index is 12.0. The Morgan fingerprint density at radius 1 is 0.778 bits per heavy atom. The van der Waals surface area contributed by atoms with Crippen LogP contribution >= 0.6 is 0 Å². The molecule has 0 fully saturated rings. The summed E-state index contributed by atoms with van der Waals surface area (Å²) >= 11 is 0. The number of nitrogens with one attached hydrogen (secondary N) is 1. The summed E-state index contributed by atoms with van der Waals surface area (Å²) < 4.78 is 26.5. The lowest BCUT2D eigenvalue weighted by Crippen LogP contribution is -2.12. The summed E-state index contributed by atoms with van der Waals surface area (Å²) in [4.78, 5) is 0.161. The van der Waals surface area contributed by atoms with Gasteiger partial charge in [0, 0.05) is 17.1 Å². The van der Waals surface area contributed by atoms with Crippen molar-refractivity contribution >= 4 is 27.1 Å². The number of benzene rings is 2. The Hall–Kier alpha value is -2.21. The second-order valence-electron chi connectivity index (χ2n) is 3.80. The van der Waals surface area contributed by atoms with E-state index in [1.165, 1.54) is 24.3 Å². The molecule has 0 spiro atoms. The first-order valence-corrected chi connectivity index (χ1v) is 6.69. The van der Waals surface area contributed by atoms with Crippen LogP contribution in [0.1, 0.15) is 0 Å². The standard InChI is InChI=1S/C12H13N3O2S/c13-9-1-5-11(6-2-9)15-18(16,17)12-7-3-10(14)4-8-12/h1-8,15H,13-14H2. The van der Waals surface area contributed by atoms with Crippen molar-refractivity contribution in [1.82, 2.24) is 0 Å². The Bertz CT molecular complexity index is 634. The third-order valence-corrected chi connectivity index (χ3v) is 3.75. The molecule has 0 atom stereocenters. The number of anilines is 3. The highest BCUT2D eigenvalue weighted by Crippen LogP contribution is 2.18. The van der Waals surface area contributed by atoms with E-state index in [1.54, 1.807) is 24.3 Å². The lowest BCUT2D eigenvalue weighted by molar-refractivity contribution is 0.601. The van der Waals surface area contributed by atoms with Crippen molar-refractivity contribution in [3.8, 4) is 0 Å². The molecule has 6 heteroatoms. The number of hydrogen-bond donors (Lipinski definition) is 3. The zero-order valence-corrected chi connectivity index (χ0v) is 10.3. The summed E-state index contributed by atoms with van der Waals surface area (Å²) in [6.07, 6.45) is 0.